The predicted octanol–water partition coefficient (Wildman–Crippen LogP) is 4.61. The van der Waals surface area contributed by atoms with Crippen molar-refractivity contribution in [2.24, 2.45) is 10.9 Å². The Morgan fingerprint density at radius 2 is 1.77 bits per heavy atom. The van der Waals surface area contributed by atoms with Crippen molar-refractivity contribution in [3.05, 3.63) is 107 Å². The molecule has 3 aromatic rings. The summed E-state index contributed by atoms with van der Waals surface area (Å²) in [5.41, 5.74) is 3.68. The average molecular weight is 460 g/mol. The first-order valence-electron chi connectivity index (χ1n) is 12.1. The van der Waals surface area contributed by atoms with Gasteiger partial charge in [-0.05, 0) is 42.5 Å². The van der Waals surface area contributed by atoms with Crippen molar-refractivity contribution in [1.82, 2.24) is 0 Å². The number of allylic oxidation sites excluding steroid dienone is 1. The number of carbonyl (C=O) groups is 1. The number of anilines is 1. The molecule has 6 rings (SSSR count). The van der Waals surface area contributed by atoms with Crippen molar-refractivity contribution in [2.45, 2.75) is 37.3 Å². The Kier molecular flexibility index (Phi) is 5.04. The molecule has 0 bridgehead atoms. The van der Waals surface area contributed by atoms with Crippen LogP contribution in [0.4, 0.5) is 5.69 Å². The highest BCUT2D eigenvalue weighted by atomic mass is 16.4. The maximum absolute atomic E-state index is 11.7. The van der Waals surface area contributed by atoms with Gasteiger partial charge >= 0.3 is 5.97 Å². The average Bonchev–Trinajstić information content (AvgIpc) is 3.22. The number of nitriles is 1. The van der Waals surface area contributed by atoms with Crippen molar-refractivity contribution in [3.63, 3.8) is 0 Å². The molecule has 3 aliphatic rings. The molecule has 1 spiro atoms. The molecule has 1 N–H and O–H groups in total. The first kappa shape index (κ1) is 21.4. The monoisotopic (exact) mass is 459 g/mol. The van der Waals surface area contributed by atoms with E-state index in [1.807, 2.05) is 36.4 Å². The van der Waals surface area contributed by atoms with Crippen LogP contribution in [0.5, 0.6) is 0 Å². The standard InChI is InChI=1S/C30H25N3O2/c31-19-24(29(34)35)22-14-15-26-28(17-22)33-27(21-11-5-2-6-12-21)18-23(20-9-3-1-4-10-20)25-13-7-8-16-30(25,33)32-26/h1-6,9-12,14-15,17-18,23,25H,7-8,13,16H2,(H,34,35). The highest BCUT2D eigenvalue weighted by Crippen LogP contribution is 2.55. The lowest BCUT2D eigenvalue weighted by Gasteiger charge is -2.53. The molecular weight excluding hydrogens is 434 g/mol. The van der Waals surface area contributed by atoms with Crippen molar-refractivity contribution in [3.8, 4) is 6.07 Å². The number of aliphatic carboxylic acids is 1. The number of hydrogen-bond acceptors (Lipinski definition) is 4. The summed E-state index contributed by atoms with van der Waals surface area (Å²) in [6, 6.07) is 28.3. The number of fused-ring (bicyclic) bond motifs is 2. The zero-order valence-electron chi connectivity index (χ0n) is 19.3. The molecule has 0 aromatic heterocycles. The van der Waals surface area contributed by atoms with Gasteiger partial charge in [0, 0.05) is 22.8 Å². The van der Waals surface area contributed by atoms with Crippen LogP contribution in [0.3, 0.4) is 0 Å². The lowest BCUT2D eigenvalue weighted by atomic mass is 9.66. The number of nitrogens with zero attached hydrogens (tertiary/aromatic N) is 3. The second kappa shape index (κ2) is 8.25. The molecule has 3 aromatic carbocycles. The number of carboxylic acids is 1. The Labute approximate surface area is 204 Å². The Morgan fingerprint density at radius 3 is 2.49 bits per heavy atom. The normalized spacial score (nSPS) is 25.2. The molecule has 2 aliphatic heterocycles. The van der Waals surface area contributed by atoms with E-state index in [2.05, 4.69) is 53.4 Å². The van der Waals surface area contributed by atoms with Crippen LogP contribution >= 0.6 is 0 Å². The fourth-order valence-corrected chi connectivity index (χ4v) is 6.24. The van der Waals surface area contributed by atoms with Crippen LogP contribution in [0.2, 0.25) is 0 Å². The number of rotatable bonds is 3. The third-order valence-corrected chi connectivity index (χ3v) is 7.70. The van der Waals surface area contributed by atoms with E-state index in [4.69, 9.17) is 4.99 Å². The largest absolute Gasteiger partial charge is 0.477 e. The van der Waals surface area contributed by atoms with Crippen molar-refractivity contribution in [1.29, 1.82) is 5.26 Å². The van der Waals surface area contributed by atoms with Gasteiger partial charge in [-0.1, -0.05) is 79.2 Å². The molecule has 0 radical (unpaired) electrons. The highest BCUT2D eigenvalue weighted by Gasteiger charge is 2.55. The third-order valence-electron chi connectivity index (χ3n) is 7.70. The summed E-state index contributed by atoms with van der Waals surface area (Å²) in [6.07, 6.45) is 6.64. The summed E-state index contributed by atoms with van der Waals surface area (Å²) in [5, 5.41) is 20.3. The molecule has 1 fully saturated rings. The molecule has 3 unspecified atom stereocenters. The van der Waals surface area contributed by atoms with Crippen molar-refractivity contribution in [2.75, 3.05) is 4.90 Å². The molecular formula is C30H25N3O2. The number of benzene rings is 3. The fraction of sp³-hybridized carbons (Fsp3) is 0.233. The second-order valence-corrected chi connectivity index (χ2v) is 9.53. The van der Waals surface area contributed by atoms with E-state index in [0.717, 1.165) is 41.6 Å². The maximum Gasteiger partial charge on any atom is 0.347 e. The molecule has 1 aliphatic carbocycles. The van der Waals surface area contributed by atoms with Gasteiger partial charge in [-0.25, -0.2) is 4.79 Å². The van der Waals surface area contributed by atoms with Gasteiger partial charge in [-0.2, -0.15) is 5.26 Å². The summed E-state index contributed by atoms with van der Waals surface area (Å²) < 4.78 is 0. The predicted molar refractivity (Wildman–Crippen MR) is 135 cm³/mol. The summed E-state index contributed by atoms with van der Waals surface area (Å²) in [4.78, 5) is 19.5. The van der Waals surface area contributed by atoms with Gasteiger partial charge in [-0.15, -0.1) is 0 Å². The number of carboxylic acid groups (broad SMARTS) is 1. The molecule has 1 saturated carbocycles. The summed E-state index contributed by atoms with van der Waals surface area (Å²) in [6.45, 7) is 0. The van der Waals surface area contributed by atoms with E-state index in [9.17, 15) is 15.2 Å². The molecule has 172 valence electrons. The number of hydrogen-bond donors (Lipinski definition) is 1. The van der Waals surface area contributed by atoms with Gasteiger partial charge in [0.25, 0.3) is 0 Å². The van der Waals surface area contributed by atoms with E-state index in [0.29, 0.717) is 11.1 Å². The minimum atomic E-state index is -1.21. The summed E-state index contributed by atoms with van der Waals surface area (Å²) in [5.74, 6) is -0.698. The van der Waals surface area contributed by atoms with Gasteiger partial charge < -0.3 is 10.0 Å². The van der Waals surface area contributed by atoms with Gasteiger partial charge in [0.15, 0.2) is 0 Å². The smallest absolute Gasteiger partial charge is 0.347 e. The Balaban J connectivity index is 1.64. The molecule has 3 atom stereocenters. The minimum absolute atomic E-state index is 0.223. The molecule has 0 amide bonds. The zero-order valence-corrected chi connectivity index (χ0v) is 19.3. The Bertz CT molecular complexity index is 1500. The Hall–Kier alpha value is -4.17. The summed E-state index contributed by atoms with van der Waals surface area (Å²) in [7, 11) is 0. The second-order valence-electron chi connectivity index (χ2n) is 9.53. The first-order valence-corrected chi connectivity index (χ1v) is 12.1. The first-order chi connectivity index (χ1) is 17.1. The molecule has 5 heteroatoms. The molecule has 35 heavy (non-hydrogen) atoms. The van der Waals surface area contributed by atoms with Gasteiger partial charge in [0.2, 0.25) is 0 Å². The van der Waals surface area contributed by atoms with E-state index in [1.54, 1.807) is 6.07 Å². The van der Waals surface area contributed by atoms with Crippen LogP contribution in [0.15, 0.2) is 89.9 Å². The topological polar surface area (TPSA) is 76.7 Å². The lowest BCUT2D eigenvalue weighted by molar-refractivity contribution is -0.130. The fourth-order valence-electron chi connectivity index (χ4n) is 6.24. The van der Waals surface area contributed by atoms with E-state index < -0.39 is 11.6 Å². The van der Waals surface area contributed by atoms with Gasteiger partial charge in [-0.3, -0.25) is 4.99 Å². The quantitative estimate of drug-likeness (QED) is 0.621. The SMILES string of the molecule is N#CC(C(=O)O)=c1ccc2c(c1)N1C(c3ccccc3)=CC(c3ccccc3)C3CCCCC31N=2. The van der Waals surface area contributed by atoms with Crippen LogP contribution in [0, 0.1) is 17.2 Å². The van der Waals surface area contributed by atoms with Crippen molar-refractivity contribution >= 4 is 22.9 Å². The van der Waals surface area contributed by atoms with Gasteiger partial charge in [0.1, 0.15) is 17.3 Å². The lowest BCUT2D eigenvalue weighted by Crippen LogP contribution is -2.55. The van der Waals surface area contributed by atoms with E-state index in [1.165, 1.54) is 12.0 Å². The molecule has 0 saturated heterocycles. The third kappa shape index (κ3) is 3.29. The Morgan fingerprint density at radius 1 is 1.03 bits per heavy atom. The van der Waals surface area contributed by atoms with Crippen molar-refractivity contribution < 1.29 is 9.90 Å². The minimum Gasteiger partial charge on any atom is -0.477 e. The van der Waals surface area contributed by atoms with Crippen LogP contribution in [-0.4, -0.2) is 16.7 Å². The van der Waals surface area contributed by atoms with Gasteiger partial charge in [0.05, 0.1) is 11.0 Å². The highest BCUT2D eigenvalue weighted by molar-refractivity contribution is 6.14. The molecule has 5 nitrogen and oxygen atoms in total. The van der Waals surface area contributed by atoms with Crippen LogP contribution in [0.1, 0.15) is 42.7 Å². The summed E-state index contributed by atoms with van der Waals surface area (Å²) >= 11 is 0. The van der Waals surface area contributed by atoms with Crippen LogP contribution < -0.4 is 15.5 Å². The zero-order chi connectivity index (χ0) is 24.0. The maximum atomic E-state index is 11.7. The van der Waals surface area contributed by atoms with E-state index in [-0.39, 0.29) is 11.5 Å². The van der Waals surface area contributed by atoms with Crippen LogP contribution in [-0.2, 0) is 4.79 Å². The van der Waals surface area contributed by atoms with E-state index >= 15 is 0 Å². The molecule has 2 heterocycles. The van der Waals surface area contributed by atoms with Crippen LogP contribution in [0.25, 0.3) is 11.3 Å².